The molecule has 0 atom stereocenters. The largest absolute Gasteiger partial charge is 0.476 e. The molecule has 0 saturated carbocycles. The van der Waals surface area contributed by atoms with Gasteiger partial charge in [0, 0.05) is 11.3 Å². The van der Waals surface area contributed by atoms with Crippen molar-refractivity contribution < 1.29 is 9.90 Å². The molecule has 5 nitrogen and oxygen atoms in total. The van der Waals surface area contributed by atoms with E-state index in [-0.39, 0.29) is 5.69 Å². The number of aromatic carboxylic acids is 1. The van der Waals surface area contributed by atoms with E-state index in [0.29, 0.717) is 12.1 Å². The molecule has 0 aliphatic heterocycles. The molecule has 0 amide bonds. The smallest absolute Gasteiger partial charge is 0.358 e. The molecule has 0 aliphatic rings. The molecule has 0 spiro atoms. The van der Waals surface area contributed by atoms with Crippen molar-refractivity contribution in [2.45, 2.75) is 20.3 Å². The summed E-state index contributed by atoms with van der Waals surface area (Å²) in [6.45, 7) is 3.97. The maximum atomic E-state index is 11.4. The summed E-state index contributed by atoms with van der Waals surface area (Å²) >= 11 is 1.59. The van der Waals surface area contributed by atoms with Crippen LogP contribution in [-0.4, -0.2) is 26.1 Å². The van der Waals surface area contributed by atoms with Gasteiger partial charge < -0.3 is 5.11 Å². The molecule has 112 valence electrons. The van der Waals surface area contributed by atoms with Crippen LogP contribution in [0, 0.1) is 13.8 Å². The van der Waals surface area contributed by atoms with Crippen molar-refractivity contribution in [2.75, 3.05) is 0 Å². The third-order valence-corrected chi connectivity index (χ3v) is 4.36. The molecule has 3 aromatic rings. The van der Waals surface area contributed by atoms with E-state index in [1.54, 1.807) is 16.0 Å². The molecule has 0 unspecified atom stereocenters. The normalized spacial score (nSPS) is 10.8. The van der Waals surface area contributed by atoms with Gasteiger partial charge in [-0.05, 0) is 42.5 Å². The summed E-state index contributed by atoms with van der Waals surface area (Å²) in [4.78, 5) is 12.5. The molecule has 1 aromatic carbocycles. The van der Waals surface area contributed by atoms with Crippen molar-refractivity contribution in [1.29, 1.82) is 0 Å². The summed E-state index contributed by atoms with van der Waals surface area (Å²) in [7, 11) is 0. The summed E-state index contributed by atoms with van der Waals surface area (Å²) in [5, 5.41) is 19.3. The molecular weight excluding hydrogens is 298 g/mol. The lowest BCUT2D eigenvalue weighted by atomic mass is 10.1. The van der Waals surface area contributed by atoms with Crippen molar-refractivity contribution in [3.05, 3.63) is 63.1 Å². The number of hydrogen-bond acceptors (Lipinski definition) is 4. The molecule has 3 rings (SSSR count). The number of carboxylic acids is 1. The number of rotatable bonds is 4. The van der Waals surface area contributed by atoms with Gasteiger partial charge in [-0.15, -0.1) is 16.4 Å². The zero-order chi connectivity index (χ0) is 15.7. The average molecular weight is 313 g/mol. The molecule has 0 fully saturated rings. The fraction of sp³-hybridized carbons (Fsp3) is 0.188. The first-order valence-corrected chi connectivity index (χ1v) is 7.72. The summed E-state index contributed by atoms with van der Waals surface area (Å²) in [5.41, 5.74) is 3.60. The zero-order valence-corrected chi connectivity index (χ0v) is 13.1. The number of carboxylic acid groups (broad SMARTS) is 1. The minimum Gasteiger partial charge on any atom is -0.476 e. The Kier molecular flexibility index (Phi) is 3.77. The van der Waals surface area contributed by atoms with Gasteiger partial charge in [0.15, 0.2) is 5.69 Å². The number of hydrogen-bond donors (Lipinski definition) is 1. The lowest BCUT2D eigenvalue weighted by Crippen LogP contribution is -2.08. The maximum Gasteiger partial charge on any atom is 0.358 e. The van der Waals surface area contributed by atoms with E-state index in [2.05, 4.69) is 10.3 Å². The minimum absolute atomic E-state index is 0.00862. The fourth-order valence-electron chi connectivity index (χ4n) is 2.35. The molecule has 0 bridgehead atoms. The Morgan fingerprint density at radius 3 is 2.82 bits per heavy atom. The van der Waals surface area contributed by atoms with Crippen LogP contribution >= 0.6 is 11.3 Å². The molecule has 0 aliphatic carbocycles. The molecular formula is C16H15N3O2S. The first kappa shape index (κ1) is 14.5. The van der Waals surface area contributed by atoms with E-state index in [9.17, 15) is 9.90 Å². The highest BCUT2D eigenvalue weighted by molar-refractivity contribution is 7.09. The fourth-order valence-corrected chi connectivity index (χ4v) is 3.05. The third kappa shape index (κ3) is 2.65. The van der Waals surface area contributed by atoms with Crippen molar-refractivity contribution in [3.8, 4) is 5.69 Å². The van der Waals surface area contributed by atoms with Crippen LogP contribution in [0.4, 0.5) is 0 Å². The Morgan fingerprint density at radius 1 is 1.32 bits per heavy atom. The number of thiophene rings is 1. The summed E-state index contributed by atoms with van der Waals surface area (Å²) in [6, 6.07) is 9.95. The Morgan fingerprint density at radius 2 is 2.14 bits per heavy atom. The van der Waals surface area contributed by atoms with E-state index >= 15 is 0 Å². The second kappa shape index (κ2) is 5.73. The molecule has 0 radical (unpaired) electrons. The number of aryl methyl sites for hydroxylation is 2. The van der Waals surface area contributed by atoms with Gasteiger partial charge in [0.2, 0.25) is 0 Å². The van der Waals surface area contributed by atoms with Crippen LogP contribution in [0.1, 0.15) is 32.2 Å². The van der Waals surface area contributed by atoms with Crippen LogP contribution in [0.25, 0.3) is 5.69 Å². The first-order valence-electron chi connectivity index (χ1n) is 6.84. The number of benzene rings is 1. The maximum absolute atomic E-state index is 11.4. The number of aromatic nitrogens is 3. The van der Waals surface area contributed by atoms with Gasteiger partial charge in [0.1, 0.15) is 0 Å². The Bertz CT molecular complexity index is 822. The monoisotopic (exact) mass is 313 g/mol. The van der Waals surface area contributed by atoms with Crippen molar-refractivity contribution in [1.82, 2.24) is 15.0 Å². The Labute approximate surface area is 131 Å². The predicted octanol–water partition coefficient (Wildman–Crippen LogP) is 3.23. The van der Waals surface area contributed by atoms with Crippen molar-refractivity contribution in [3.63, 3.8) is 0 Å². The van der Waals surface area contributed by atoms with Crippen LogP contribution in [0.5, 0.6) is 0 Å². The summed E-state index contributed by atoms with van der Waals surface area (Å²) in [6.07, 6.45) is 0.500. The molecule has 0 saturated heterocycles. The lowest BCUT2D eigenvalue weighted by Gasteiger charge is -2.10. The van der Waals surface area contributed by atoms with Gasteiger partial charge in [0.05, 0.1) is 11.4 Å². The predicted molar refractivity (Wildman–Crippen MR) is 84.9 cm³/mol. The molecule has 2 heterocycles. The second-order valence-corrected chi connectivity index (χ2v) is 6.18. The average Bonchev–Trinajstić information content (AvgIpc) is 3.12. The third-order valence-electron chi connectivity index (χ3n) is 3.48. The van der Waals surface area contributed by atoms with Crippen molar-refractivity contribution in [2.24, 2.45) is 0 Å². The van der Waals surface area contributed by atoms with E-state index in [4.69, 9.17) is 0 Å². The quantitative estimate of drug-likeness (QED) is 0.803. The highest BCUT2D eigenvalue weighted by Gasteiger charge is 2.21. The second-order valence-electron chi connectivity index (χ2n) is 5.15. The van der Waals surface area contributed by atoms with Gasteiger partial charge in [-0.2, -0.15) is 0 Å². The molecule has 6 heteroatoms. The van der Waals surface area contributed by atoms with Crippen LogP contribution in [-0.2, 0) is 6.42 Å². The Balaban J connectivity index is 2.15. The summed E-state index contributed by atoms with van der Waals surface area (Å²) < 4.78 is 1.64. The van der Waals surface area contributed by atoms with Crippen LogP contribution in [0.2, 0.25) is 0 Å². The van der Waals surface area contributed by atoms with E-state index in [1.165, 1.54) is 0 Å². The number of carbonyl (C=O) groups is 1. The topological polar surface area (TPSA) is 68.0 Å². The van der Waals surface area contributed by atoms with Gasteiger partial charge in [0.25, 0.3) is 0 Å². The summed E-state index contributed by atoms with van der Waals surface area (Å²) in [5.74, 6) is -1.05. The van der Waals surface area contributed by atoms with Gasteiger partial charge >= 0.3 is 5.97 Å². The first-order chi connectivity index (χ1) is 10.6. The molecule has 1 N–H and O–H groups in total. The van der Waals surface area contributed by atoms with E-state index in [0.717, 1.165) is 21.7 Å². The highest BCUT2D eigenvalue weighted by Crippen LogP contribution is 2.22. The minimum atomic E-state index is -1.05. The standard InChI is InChI=1S/C16H15N3O2S/c1-10-5-6-11(2)13(8-10)19-14(9-12-4-3-7-22-12)15(16(20)21)17-18-19/h3-8H,9H2,1-2H3,(H,20,21). The molecule has 22 heavy (non-hydrogen) atoms. The highest BCUT2D eigenvalue weighted by atomic mass is 32.1. The SMILES string of the molecule is Cc1ccc(C)c(-n2nnc(C(=O)O)c2Cc2cccs2)c1. The Hall–Kier alpha value is -2.47. The van der Waals surface area contributed by atoms with E-state index < -0.39 is 5.97 Å². The van der Waals surface area contributed by atoms with Gasteiger partial charge in [-0.1, -0.05) is 23.4 Å². The van der Waals surface area contributed by atoms with Crippen LogP contribution < -0.4 is 0 Å². The van der Waals surface area contributed by atoms with Crippen LogP contribution in [0.3, 0.4) is 0 Å². The zero-order valence-electron chi connectivity index (χ0n) is 12.3. The molecule has 2 aromatic heterocycles. The van der Waals surface area contributed by atoms with Crippen molar-refractivity contribution >= 4 is 17.3 Å². The van der Waals surface area contributed by atoms with E-state index in [1.807, 2.05) is 49.6 Å². The van der Waals surface area contributed by atoms with Gasteiger partial charge in [-0.25, -0.2) is 9.48 Å². The lowest BCUT2D eigenvalue weighted by molar-refractivity contribution is 0.0689. The van der Waals surface area contributed by atoms with Crippen LogP contribution in [0.15, 0.2) is 35.7 Å². The number of nitrogens with zero attached hydrogens (tertiary/aromatic N) is 3. The van der Waals surface area contributed by atoms with Gasteiger partial charge in [-0.3, -0.25) is 0 Å².